The number of para-hydroxylation sites is 1. The molecule has 0 bridgehead atoms. The summed E-state index contributed by atoms with van der Waals surface area (Å²) in [6, 6.07) is 22.3. The number of carboxylic acids is 1. The highest BCUT2D eigenvalue weighted by atomic mass is 16.5. The minimum atomic E-state index is -0.969. The first-order chi connectivity index (χ1) is 19.1. The van der Waals surface area contributed by atoms with E-state index in [4.69, 9.17) is 14.8 Å². The van der Waals surface area contributed by atoms with Crippen LogP contribution in [0.1, 0.15) is 45.7 Å². The van der Waals surface area contributed by atoms with E-state index in [1.165, 1.54) is 36.2 Å². The molecule has 0 aliphatic heterocycles. The summed E-state index contributed by atoms with van der Waals surface area (Å²) in [5.74, 6) is -0.265. The molecule has 6 rings (SSSR count). The van der Waals surface area contributed by atoms with Crippen molar-refractivity contribution in [3.05, 3.63) is 107 Å². The van der Waals surface area contributed by atoms with Crippen LogP contribution in [0.4, 0.5) is 5.69 Å². The van der Waals surface area contributed by atoms with E-state index in [-0.39, 0.29) is 12.2 Å². The Bertz CT molecular complexity index is 1660. The topological polar surface area (TPSA) is 115 Å². The summed E-state index contributed by atoms with van der Waals surface area (Å²) in [6.07, 6.45) is 7.93. The number of benzene rings is 3. The number of hydrogen-bond donors (Lipinski definition) is 2. The summed E-state index contributed by atoms with van der Waals surface area (Å²) in [4.78, 5) is 15.9. The summed E-state index contributed by atoms with van der Waals surface area (Å²) in [5.41, 5.74) is 10.3. The van der Waals surface area contributed by atoms with Gasteiger partial charge in [0.1, 0.15) is 18.1 Å². The zero-order valence-corrected chi connectivity index (χ0v) is 21.1. The highest BCUT2D eigenvalue weighted by Gasteiger charge is 2.17. The van der Waals surface area contributed by atoms with Crippen molar-refractivity contribution in [2.75, 3.05) is 5.43 Å². The van der Waals surface area contributed by atoms with Gasteiger partial charge in [0.2, 0.25) is 0 Å². The number of aromatic carboxylic acids is 1. The van der Waals surface area contributed by atoms with Crippen molar-refractivity contribution in [2.24, 2.45) is 5.10 Å². The molecule has 3 aromatic carbocycles. The zero-order valence-electron chi connectivity index (χ0n) is 21.1. The van der Waals surface area contributed by atoms with Gasteiger partial charge in [0.05, 0.1) is 34.9 Å². The number of hydrazone groups is 1. The maximum absolute atomic E-state index is 11.0. The van der Waals surface area contributed by atoms with Gasteiger partial charge in [0, 0.05) is 11.1 Å². The second-order valence-electron chi connectivity index (χ2n) is 9.37. The normalized spacial score (nSPS) is 12.9. The van der Waals surface area contributed by atoms with Gasteiger partial charge in [-0.3, -0.25) is 10.4 Å². The maximum atomic E-state index is 11.0. The second-order valence-corrected chi connectivity index (χ2v) is 9.37. The Morgan fingerprint density at radius 2 is 1.82 bits per heavy atom. The lowest BCUT2D eigenvalue weighted by atomic mass is 9.93. The summed E-state index contributed by atoms with van der Waals surface area (Å²) >= 11 is 0. The molecule has 0 saturated heterocycles. The predicted octanol–water partition coefficient (Wildman–Crippen LogP) is 5.42. The number of carboxylic acid groups (broad SMARTS) is 1. The lowest BCUT2D eigenvalue weighted by Crippen LogP contribution is -2.09. The van der Waals surface area contributed by atoms with Gasteiger partial charge < -0.3 is 9.84 Å². The number of rotatable bonds is 8. The Kier molecular flexibility index (Phi) is 6.69. The van der Waals surface area contributed by atoms with E-state index in [0.29, 0.717) is 11.4 Å². The molecule has 2 heterocycles. The van der Waals surface area contributed by atoms with Crippen molar-refractivity contribution in [1.82, 2.24) is 20.0 Å². The molecule has 0 radical (unpaired) electrons. The lowest BCUT2D eigenvalue weighted by Gasteiger charge is -2.20. The van der Waals surface area contributed by atoms with Gasteiger partial charge in [-0.2, -0.15) is 5.10 Å². The van der Waals surface area contributed by atoms with Crippen LogP contribution >= 0.6 is 0 Å². The van der Waals surface area contributed by atoms with Gasteiger partial charge in [-0.05, 0) is 91.4 Å². The summed E-state index contributed by atoms with van der Waals surface area (Å²) in [6.45, 7) is 0.252. The lowest BCUT2D eigenvalue weighted by molar-refractivity contribution is 0.0697. The fourth-order valence-corrected chi connectivity index (χ4v) is 4.73. The minimum absolute atomic E-state index is 0.219. The van der Waals surface area contributed by atoms with Gasteiger partial charge in [-0.15, -0.1) is 5.10 Å². The fourth-order valence-electron chi connectivity index (χ4n) is 4.73. The largest absolute Gasteiger partial charge is 0.487 e. The number of anilines is 1. The highest BCUT2D eigenvalue weighted by molar-refractivity contribution is 5.94. The molecule has 0 fully saturated rings. The minimum Gasteiger partial charge on any atom is -0.487 e. The van der Waals surface area contributed by atoms with Crippen molar-refractivity contribution in [3.63, 3.8) is 0 Å². The maximum Gasteiger partial charge on any atom is 0.335 e. The van der Waals surface area contributed by atoms with Crippen LogP contribution in [0.25, 0.3) is 16.6 Å². The Balaban J connectivity index is 1.09. The van der Waals surface area contributed by atoms with E-state index >= 15 is 0 Å². The molecule has 0 unspecified atom stereocenters. The highest BCUT2D eigenvalue weighted by Crippen LogP contribution is 2.33. The number of aromatic nitrogens is 4. The molecule has 0 spiro atoms. The van der Waals surface area contributed by atoms with Crippen molar-refractivity contribution < 1.29 is 14.6 Å². The van der Waals surface area contributed by atoms with Gasteiger partial charge >= 0.3 is 5.97 Å². The summed E-state index contributed by atoms with van der Waals surface area (Å²) < 4.78 is 7.45. The van der Waals surface area contributed by atoms with Crippen molar-refractivity contribution in [2.45, 2.75) is 32.3 Å². The van der Waals surface area contributed by atoms with Gasteiger partial charge in [-0.25, -0.2) is 9.48 Å². The molecular formula is C30H26N6O3. The van der Waals surface area contributed by atoms with Gasteiger partial charge in [-0.1, -0.05) is 23.4 Å². The van der Waals surface area contributed by atoms with Crippen LogP contribution in [-0.4, -0.2) is 37.3 Å². The Morgan fingerprint density at radius 1 is 1.03 bits per heavy atom. The van der Waals surface area contributed by atoms with Gasteiger partial charge in [0.25, 0.3) is 0 Å². The molecule has 0 atom stereocenters. The first-order valence-electron chi connectivity index (χ1n) is 12.8. The predicted molar refractivity (Wildman–Crippen MR) is 149 cm³/mol. The quantitative estimate of drug-likeness (QED) is 0.208. The van der Waals surface area contributed by atoms with Crippen molar-refractivity contribution >= 4 is 28.8 Å². The first-order valence-corrected chi connectivity index (χ1v) is 12.8. The second kappa shape index (κ2) is 10.7. The van der Waals surface area contributed by atoms with Crippen LogP contribution in [0.3, 0.4) is 0 Å². The smallest absolute Gasteiger partial charge is 0.335 e. The molecule has 9 nitrogen and oxygen atoms in total. The number of nitrogens with zero attached hydrogens (tertiary/aromatic N) is 5. The summed E-state index contributed by atoms with van der Waals surface area (Å²) in [7, 11) is 0. The van der Waals surface area contributed by atoms with Crippen LogP contribution in [0, 0.1) is 0 Å². The average molecular weight is 519 g/mol. The van der Waals surface area contributed by atoms with E-state index in [1.807, 2.05) is 36.4 Å². The number of carbonyl (C=O) groups is 1. The zero-order chi connectivity index (χ0) is 26.6. The number of ether oxygens (including phenoxy) is 1. The Morgan fingerprint density at radius 3 is 2.64 bits per heavy atom. The average Bonchev–Trinajstić information content (AvgIpc) is 3.45. The third kappa shape index (κ3) is 5.33. The molecule has 0 amide bonds. The van der Waals surface area contributed by atoms with Crippen LogP contribution in [0.5, 0.6) is 5.75 Å². The molecule has 9 heteroatoms. The molecule has 2 aromatic heterocycles. The molecule has 1 aliphatic rings. The molecule has 5 aromatic rings. The van der Waals surface area contributed by atoms with Crippen LogP contribution in [0.2, 0.25) is 0 Å². The fraction of sp³-hybridized carbons (Fsp3) is 0.167. The van der Waals surface area contributed by atoms with E-state index in [2.05, 4.69) is 33.0 Å². The van der Waals surface area contributed by atoms with E-state index in [0.717, 1.165) is 40.7 Å². The standard InChI is InChI=1S/C30H26N6O3/c37-30(38)21-11-13-23(14-12-21)36-18-22(33-35-36)19-39-24-15-9-20(10-16-24)17-31-34-29-25-5-1-3-7-27(25)32-28-8-4-2-6-26(28)29/h1,3,5,7,9-18H,2,4,6,8,19H2,(H,32,34)(H,37,38). The first kappa shape index (κ1) is 24.3. The number of fused-ring (bicyclic) bond motifs is 2. The molecule has 39 heavy (non-hydrogen) atoms. The van der Waals surface area contributed by atoms with Crippen molar-refractivity contribution in [3.8, 4) is 11.4 Å². The van der Waals surface area contributed by atoms with E-state index in [9.17, 15) is 4.79 Å². The number of pyridine rings is 1. The Hall–Kier alpha value is -5.05. The summed E-state index contributed by atoms with van der Waals surface area (Å²) in [5, 5.41) is 22.9. The third-order valence-corrected chi connectivity index (χ3v) is 6.75. The number of aryl methyl sites for hydroxylation is 1. The van der Waals surface area contributed by atoms with Crippen LogP contribution in [-0.2, 0) is 19.4 Å². The molecular weight excluding hydrogens is 492 g/mol. The van der Waals surface area contributed by atoms with Gasteiger partial charge in [0.15, 0.2) is 0 Å². The SMILES string of the molecule is O=C(O)c1ccc(-n2cc(COc3ccc(C=NNc4c5c(nc6ccccc46)CCCC5)cc3)nn2)cc1. The van der Waals surface area contributed by atoms with E-state index in [1.54, 1.807) is 29.2 Å². The van der Waals surface area contributed by atoms with Crippen LogP contribution in [0.15, 0.2) is 84.1 Å². The molecule has 1 aliphatic carbocycles. The van der Waals surface area contributed by atoms with Crippen molar-refractivity contribution in [1.29, 1.82) is 0 Å². The van der Waals surface area contributed by atoms with E-state index < -0.39 is 5.97 Å². The third-order valence-electron chi connectivity index (χ3n) is 6.75. The number of nitrogens with one attached hydrogen (secondary N) is 1. The monoisotopic (exact) mass is 518 g/mol. The Labute approximate surface area is 224 Å². The molecule has 0 saturated carbocycles. The molecule has 194 valence electrons. The van der Waals surface area contributed by atoms with Crippen LogP contribution < -0.4 is 10.2 Å². The molecule has 2 N–H and O–H groups in total. The number of hydrogen-bond acceptors (Lipinski definition) is 7.